The molecule has 0 fully saturated rings. The zero-order chi connectivity index (χ0) is 29.4. The number of rotatable bonds is 7. The largest absolute Gasteiger partial charge is 0.493 e. The molecule has 8 nitrogen and oxygen atoms in total. The van der Waals surface area contributed by atoms with E-state index in [2.05, 4.69) is 20.6 Å². The lowest BCUT2D eigenvalue weighted by Gasteiger charge is -2.14. The minimum absolute atomic E-state index is 0. The van der Waals surface area contributed by atoms with Gasteiger partial charge in [-0.15, -0.1) is 12.4 Å². The highest BCUT2D eigenvalue weighted by molar-refractivity contribution is 6.67. The lowest BCUT2D eigenvalue weighted by Crippen LogP contribution is -2.12. The molecule has 0 aliphatic heterocycles. The molecule has 0 saturated carbocycles. The first kappa shape index (κ1) is 32.1. The van der Waals surface area contributed by atoms with Crippen LogP contribution in [0.25, 0.3) is 10.9 Å². The van der Waals surface area contributed by atoms with Crippen LogP contribution in [0.15, 0.2) is 91.3 Å². The summed E-state index contributed by atoms with van der Waals surface area (Å²) in [5.41, 5.74) is 1.89. The van der Waals surface area contributed by atoms with Crippen LogP contribution < -0.4 is 20.1 Å². The third-order valence-corrected chi connectivity index (χ3v) is 6.27. The molecule has 0 spiro atoms. The first-order valence-corrected chi connectivity index (χ1v) is 12.8. The van der Waals surface area contributed by atoms with Gasteiger partial charge in [0.25, 0.3) is 11.1 Å². The third kappa shape index (κ3) is 7.85. The highest BCUT2D eigenvalue weighted by Gasteiger charge is 2.16. The second-order valence-corrected chi connectivity index (χ2v) is 9.09. The van der Waals surface area contributed by atoms with Crippen LogP contribution >= 0.6 is 35.6 Å². The summed E-state index contributed by atoms with van der Waals surface area (Å²) in [5.74, 6) is 0.352. The Bertz CT molecular complexity index is 1690. The first-order chi connectivity index (χ1) is 19.8. The van der Waals surface area contributed by atoms with Crippen molar-refractivity contribution in [1.82, 2.24) is 9.97 Å². The molecule has 1 heterocycles. The van der Waals surface area contributed by atoms with Gasteiger partial charge in [0.2, 0.25) is 0 Å². The Morgan fingerprint density at radius 1 is 0.810 bits per heavy atom. The fourth-order valence-corrected chi connectivity index (χ4v) is 4.03. The van der Waals surface area contributed by atoms with Gasteiger partial charge in [0.05, 0.1) is 36.1 Å². The number of ether oxygens (including phenoxy) is 2. The van der Waals surface area contributed by atoms with Crippen LogP contribution in [0.5, 0.6) is 11.5 Å². The summed E-state index contributed by atoms with van der Waals surface area (Å²) in [6.07, 6.45) is 1.35. The highest BCUT2D eigenvalue weighted by atomic mass is 35.5. The van der Waals surface area contributed by atoms with Crippen molar-refractivity contribution in [2.24, 2.45) is 0 Å². The second-order valence-electron chi connectivity index (χ2n) is 8.34. The number of halogens is 4. The Balaban J connectivity index is 0.000000415. The predicted octanol–water partition coefficient (Wildman–Crippen LogP) is 7.92. The zero-order valence-electron chi connectivity index (χ0n) is 22.2. The number of anilines is 3. The number of nitrogens with one attached hydrogen (secondary N) is 2. The molecule has 0 aliphatic carbocycles. The van der Waals surface area contributed by atoms with Gasteiger partial charge >= 0.3 is 0 Å². The van der Waals surface area contributed by atoms with E-state index < -0.39 is 11.1 Å². The van der Waals surface area contributed by atoms with Gasteiger partial charge in [-0.3, -0.25) is 9.59 Å². The zero-order valence-corrected chi connectivity index (χ0v) is 24.6. The second kappa shape index (κ2) is 15.0. The summed E-state index contributed by atoms with van der Waals surface area (Å²) in [6, 6.07) is 23.3. The third-order valence-electron chi connectivity index (χ3n) is 5.74. The van der Waals surface area contributed by atoms with Crippen LogP contribution in [0.1, 0.15) is 20.7 Å². The van der Waals surface area contributed by atoms with Gasteiger partial charge in [0.1, 0.15) is 18.0 Å². The predicted molar refractivity (Wildman–Crippen MR) is 166 cm³/mol. The molecule has 1 amide bonds. The quantitative estimate of drug-likeness (QED) is 0.176. The monoisotopic (exact) mass is 628 g/mol. The number of carbonyl (C=O) groups is 2. The Hall–Kier alpha value is -4.44. The molecule has 4 aromatic carbocycles. The number of fused-ring (bicyclic) bond motifs is 1. The van der Waals surface area contributed by atoms with Crippen molar-refractivity contribution in [3.63, 3.8) is 0 Å². The maximum Gasteiger partial charge on any atom is 0.255 e. The summed E-state index contributed by atoms with van der Waals surface area (Å²) in [5, 5.41) is 5.91. The fraction of sp³-hybridized carbons (Fsp3) is 0.0667. The Kier molecular flexibility index (Phi) is 11.4. The SMILES string of the molecule is COc1cc2ncnc(Nc3cc(NC(=O)c4ccccc4)c(Cl)cc3F)c2cc1OC.Cl.O=C(Cl)c1ccccc1. The van der Waals surface area contributed by atoms with Crippen molar-refractivity contribution in [1.29, 1.82) is 0 Å². The van der Waals surface area contributed by atoms with Crippen molar-refractivity contribution >= 4 is 74.9 Å². The van der Waals surface area contributed by atoms with E-state index in [1.54, 1.807) is 66.7 Å². The number of benzene rings is 4. The van der Waals surface area contributed by atoms with Crippen LogP contribution in [0.4, 0.5) is 21.6 Å². The summed E-state index contributed by atoms with van der Waals surface area (Å²) < 4.78 is 25.3. The number of amides is 1. The number of aromatic nitrogens is 2. The minimum atomic E-state index is -0.611. The van der Waals surface area contributed by atoms with E-state index >= 15 is 0 Å². The molecule has 1 aromatic heterocycles. The number of hydrogen-bond donors (Lipinski definition) is 2. The van der Waals surface area contributed by atoms with Crippen LogP contribution in [-0.2, 0) is 0 Å². The van der Waals surface area contributed by atoms with Crippen molar-refractivity contribution in [2.45, 2.75) is 0 Å². The van der Waals surface area contributed by atoms with E-state index in [9.17, 15) is 14.0 Å². The standard InChI is InChI=1S/C23H18ClFN4O3.C7H5ClO.ClH/c1-31-20-8-14-17(11-21(20)32-2)26-12-27-22(14)28-19-10-18(15(24)9-16(19)25)29-23(30)13-6-4-3-5-7-13;8-7(9)6-4-2-1-3-5-6;/h3-12H,1-2H3,(H,29,30)(H,26,27,28);1-5H;1H. The molecular weight excluding hydrogens is 606 g/mol. The van der Waals surface area contributed by atoms with E-state index in [-0.39, 0.29) is 34.7 Å². The topological polar surface area (TPSA) is 102 Å². The van der Waals surface area contributed by atoms with Gasteiger partial charge in [-0.25, -0.2) is 14.4 Å². The van der Waals surface area contributed by atoms with E-state index in [1.165, 1.54) is 26.6 Å². The van der Waals surface area contributed by atoms with E-state index in [4.69, 9.17) is 32.7 Å². The van der Waals surface area contributed by atoms with E-state index in [1.807, 2.05) is 6.07 Å². The average Bonchev–Trinajstić information content (AvgIpc) is 3.00. The highest BCUT2D eigenvalue weighted by Crippen LogP contribution is 2.36. The summed E-state index contributed by atoms with van der Waals surface area (Å²) in [7, 11) is 3.04. The van der Waals surface area contributed by atoms with Crippen molar-refractivity contribution in [3.05, 3.63) is 113 Å². The number of carbonyl (C=O) groups excluding carboxylic acids is 2. The van der Waals surface area contributed by atoms with Crippen LogP contribution in [0, 0.1) is 5.82 Å². The van der Waals surface area contributed by atoms with Crippen LogP contribution in [-0.4, -0.2) is 35.3 Å². The van der Waals surface area contributed by atoms with Crippen LogP contribution in [0.3, 0.4) is 0 Å². The molecular formula is C30H24Cl3FN4O4. The van der Waals surface area contributed by atoms with E-state index in [0.717, 1.165) is 6.07 Å². The van der Waals surface area contributed by atoms with Gasteiger partial charge in [-0.2, -0.15) is 0 Å². The van der Waals surface area contributed by atoms with Crippen LogP contribution in [0.2, 0.25) is 5.02 Å². The maximum absolute atomic E-state index is 14.7. The fourth-order valence-electron chi connectivity index (χ4n) is 3.70. The lowest BCUT2D eigenvalue weighted by atomic mass is 10.2. The summed E-state index contributed by atoms with van der Waals surface area (Å²) in [4.78, 5) is 31.4. The Morgan fingerprint density at radius 2 is 1.40 bits per heavy atom. The normalized spacial score (nSPS) is 10.0. The van der Waals surface area contributed by atoms with Gasteiger partial charge in [-0.05, 0) is 41.9 Å². The smallest absolute Gasteiger partial charge is 0.255 e. The van der Waals surface area contributed by atoms with Crippen molar-refractivity contribution < 1.29 is 23.5 Å². The van der Waals surface area contributed by atoms with Gasteiger partial charge < -0.3 is 20.1 Å². The molecule has 0 aliphatic rings. The van der Waals surface area contributed by atoms with Gasteiger partial charge in [0.15, 0.2) is 11.5 Å². The van der Waals surface area contributed by atoms with E-state index in [0.29, 0.717) is 39.3 Å². The van der Waals surface area contributed by atoms with Crippen molar-refractivity contribution in [2.75, 3.05) is 24.9 Å². The number of nitrogens with zero attached hydrogens (tertiary/aromatic N) is 2. The summed E-state index contributed by atoms with van der Waals surface area (Å²) >= 11 is 11.3. The minimum Gasteiger partial charge on any atom is -0.493 e. The summed E-state index contributed by atoms with van der Waals surface area (Å²) in [6.45, 7) is 0. The van der Waals surface area contributed by atoms with Crippen molar-refractivity contribution in [3.8, 4) is 11.5 Å². The molecule has 0 saturated heterocycles. The molecule has 42 heavy (non-hydrogen) atoms. The van der Waals surface area contributed by atoms with Gasteiger partial charge in [0, 0.05) is 22.6 Å². The average molecular weight is 630 g/mol. The molecule has 12 heteroatoms. The molecule has 0 atom stereocenters. The molecule has 216 valence electrons. The Morgan fingerprint density at radius 3 is 1.98 bits per heavy atom. The molecule has 5 aromatic rings. The maximum atomic E-state index is 14.7. The first-order valence-electron chi connectivity index (χ1n) is 12.0. The molecule has 5 rings (SSSR count). The Labute approximate surface area is 257 Å². The molecule has 2 N–H and O–H groups in total. The number of methoxy groups -OCH3 is 2. The van der Waals surface area contributed by atoms with Gasteiger partial charge in [-0.1, -0.05) is 60.1 Å². The number of hydrogen-bond acceptors (Lipinski definition) is 7. The lowest BCUT2D eigenvalue weighted by molar-refractivity contribution is 0.102. The molecule has 0 bridgehead atoms. The molecule has 0 unspecified atom stereocenters. The molecule has 0 radical (unpaired) electrons.